The molecular weight excluding hydrogens is 254 g/mol. The number of anilines is 3. The highest BCUT2D eigenvalue weighted by Gasteiger charge is 2.22. The molecule has 1 aromatic carbocycles. The van der Waals surface area contributed by atoms with Crippen molar-refractivity contribution in [2.24, 2.45) is 0 Å². The number of likely N-dealkylation sites (N-methyl/N-ethyl adjacent to an activating group) is 1. The van der Waals surface area contributed by atoms with Gasteiger partial charge in [0, 0.05) is 25.9 Å². The average molecular weight is 275 g/mol. The van der Waals surface area contributed by atoms with E-state index < -0.39 is 0 Å². The third-order valence-electron chi connectivity index (χ3n) is 4.04. The monoisotopic (exact) mass is 275 g/mol. The number of hydrogen-bond donors (Lipinski definition) is 2. The quantitative estimate of drug-likeness (QED) is 0.825. The molecule has 3 rings (SSSR count). The Morgan fingerprint density at radius 2 is 2.30 bits per heavy atom. The van der Waals surface area contributed by atoms with Crippen molar-refractivity contribution >= 4 is 23.0 Å². The zero-order valence-electron chi connectivity index (χ0n) is 11.8. The number of carbonyl (C=O) groups is 1. The Bertz CT molecular complexity index is 524. The largest absolute Gasteiger partial charge is 0.397 e. The Labute approximate surface area is 119 Å². The van der Waals surface area contributed by atoms with Gasteiger partial charge in [-0.25, -0.2) is 0 Å². The van der Waals surface area contributed by atoms with Gasteiger partial charge in [-0.2, -0.15) is 0 Å². The number of amides is 1. The second-order valence-electron chi connectivity index (χ2n) is 5.66. The first kappa shape index (κ1) is 13.2. The molecule has 1 fully saturated rings. The summed E-state index contributed by atoms with van der Waals surface area (Å²) in [4.78, 5) is 13.5. The first-order valence-corrected chi connectivity index (χ1v) is 7.18. The van der Waals surface area contributed by atoms with Gasteiger partial charge in [0.15, 0.2) is 0 Å². The lowest BCUT2D eigenvalue weighted by Crippen LogP contribution is -2.33. The molecule has 1 atom stereocenters. The van der Waals surface area contributed by atoms with Gasteiger partial charge in [0.1, 0.15) is 0 Å². The van der Waals surface area contributed by atoms with E-state index in [-0.39, 0.29) is 12.0 Å². The summed E-state index contributed by atoms with van der Waals surface area (Å²) in [6, 6.07) is 3.87. The minimum absolute atomic E-state index is 0.0369. The van der Waals surface area contributed by atoms with Crippen LogP contribution in [0.4, 0.5) is 17.1 Å². The number of nitrogens with one attached hydrogen (secondary N) is 1. The predicted molar refractivity (Wildman–Crippen MR) is 80.0 cm³/mol. The van der Waals surface area contributed by atoms with E-state index in [4.69, 9.17) is 10.5 Å². The van der Waals surface area contributed by atoms with Crippen molar-refractivity contribution in [2.45, 2.75) is 31.8 Å². The fourth-order valence-electron chi connectivity index (χ4n) is 2.97. The van der Waals surface area contributed by atoms with E-state index in [2.05, 4.69) is 10.2 Å². The van der Waals surface area contributed by atoms with Crippen LogP contribution in [-0.4, -0.2) is 32.2 Å². The molecule has 2 heterocycles. The standard InChI is InChI=1S/C15H21N3O2/c1-18(9-11-4-2-3-5-20-11)14-8-13-10(6-12(14)16)7-15(19)17-13/h6,8,11H,2-5,7,9,16H2,1H3,(H,17,19). The molecule has 1 aromatic rings. The fraction of sp³-hybridized carbons (Fsp3) is 0.533. The highest BCUT2D eigenvalue weighted by Crippen LogP contribution is 2.33. The molecule has 2 aliphatic heterocycles. The van der Waals surface area contributed by atoms with Crippen LogP contribution in [-0.2, 0) is 16.0 Å². The number of nitrogens with two attached hydrogens (primary N) is 1. The number of hydrogen-bond acceptors (Lipinski definition) is 4. The van der Waals surface area contributed by atoms with Crippen molar-refractivity contribution < 1.29 is 9.53 Å². The zero-order chi connectivity index (χ0) is 14.1. The van der Waals surface area contributed by atoms with Crippen molar-refractivity contribution in [3.05, 3.63) is 17.7 Å². The van der Waals surface area contributed by atoms with E-state index in [1.165, 1.54) is 6.42 Å². The van der Waals surface area contributed by atoms with Crippen LogP contribution in [0, 0.1) is 0 Å². The molecule has 3 N–H and O–H groups in total. The predicted octanol–water partition coefficient (Wildman–Crippen LogP) is 1.77. The van der Waals surface area contributed by atoms with Gasteiger partial charge in [-0.05, 0) is 37.0 Å². The van der Waals surface area contributed by atoms with E-state index in [1.807, 2.05) is 19.2 Å². The van der Waals surface area contributed by atoms with Crippen molar-refractivity contribution in [3.63, 3.8) is 0 Å². The van der Waals surface area contributed by atoms with Gasteiger partial charge in [0.25, 0.3) is 0 Å². The molecule has 0 saturated carbocycles. The molecule has 0 aliphatic carbocycles. The van der Waals surface area contributed by atoms with Crippen LogP contribution < -0.4 is 16.0 Å². The minimum atomic E-state index is 0.0369. The maximum atomic E-state index is 11.4. The Balaban J connectivity index is 1.76. The molecular formula is C15H21N3O2. The number of benzene rings is 1. The summed E-state index contributed by atoms with van der Waals surface area (Å²) in [5, 5.41) is 2.87. The molecule has 1 unspecified atom stereocenters. The summed E-state index contributed by atoms with van der Waals surface area (Å²) in [5.74, 6) is 0.0369. The molecule has 108 valence electrons. The van der Waals surface area contributed by atoms with Crippen molar-refractivity contribution in [1.82, 2.24) is 0 Å². The summed E-state index contributed by atoms with van der Waals surface area (Å²) in [7, 11) is 2.02. The van der Waals surface area contributed by atoms with Gasteiger partial charge in [-0.3, -0.25) is 4.79 Å². The van der Waals surface area contributed by atoms with Crippen LogP contribution in [0.15, 0.2) is 12.1 Å². The molecule has 0 spiro atoms. The summed E-state index contributed by atoms with van der Waals surface area (Å²) in [6.45, 7) is 1.69. The molecule has 1 saturated heterocycles. The lowest BCUT2D eigenvalue weighted by atomic mass is 10.1. The van der Waals surface area contributed by atoms with Crippen molar-refractivity contribution in [3.8, 4) is 0 Å². The lowest BCUT2D eigenvalue weighted by Gasteiger charge is -2.29. The van der Waals surface area contributed by atoms with Crippen LogP contribution in [0.1, 0.15) is 24.8 Å². The van der Waals surface area contributed by atoms with E-state index in [9.17, 15) is 4.79 Å². The highest BCUT2D eigenvalue weighted by atomic mass is 16.5. The van der Waals surface area contributed by atoms with Crippen LogP contribution >= 0.6 is 0 Å². The third-order valence-corrected chi connectivity index (χ3v) is 4.04. The number of nitrogen functional groups attached to an aromatic ring is 1. The van der Waals surface area contributed by atoms with Gasteiger partial charge < -0.3 is 20.7 Å². The molecule has 2 aliphatic rings. The van der Waals surface area contributed by atoms with Crippen LogP contribution in [0.3, 0.4) is 0 Å². The average Bonchev–Trinajstić information content (AvgIpc) is 2.78. The smallest absolute Gasteiger partial charge is 0.228 e. The maximum absolute atomic E-state index is 11.4. The van der Waals surface area contributed by atoms with Crippen LogP contribution in [0.5, 0.6) is 0 Å². The van der Waals surface area contributed by atoms with Crippen molar-refractivity contribution in [2.75, 3.05) is 36.1 Å². The highest BCUT2D eigenvalue weighted by molar-refractivity contribution is 6.00. The summed E-state index contributed by atoms with van der Waals surface area (Å²) in [6.07, 6.45) is 4.19. The molecule has 20 heavy (non-hydrogen) atoms. The van der Waals surface area contributed by atoms with E-state index in [0.29, 0.717) is 6.42 Å². The molecule has 5 heteroatoms. The second-order valence-corrected chi connectivity index (χ2v) is 5.66. The van der Waals surface area contributed by atoms with Gasteiger partial charge >= 0.3 is 0 Å². The van der Waals surface area contributed by atoms with Crippen LogP contribution in [0.25, 0.3) is 0 Å². The molecule has 5 nitrogen and oxygen atoms in total. The first-order chi connectivity index (χ1) is 9.63. The van der Waals surface area contributed by atoms with E-state index in [1.54, 1.807) is 0 Å². The minimum Gasteiger partial charge on any atom is -0.397 e. The zero-order valence-corrected chi connectivity index (χ0v) is 11.8. The van der Waals surface area contributed by atoms with Gasteiger partial charge in [-0.15, -0.1) is 0 Å². The van der Waals surface area contributed by atoms with Gasteiger partial charge in [0.2, 0.25) is 5.91 Å². The number of fused-ring (bicyclic) bond motifs is 1. The Morgan fingerprint density at radius 1 is 1.45 bits per heavy atom. The second kappa shape index (κ2) is 5.32. The summed E-state index contributed by atoms with van der Waals surface area (Å²) in [5.41, 5.74) is 9.67. The maximum Gasteiger partial charge on any atom is 0.228 e. The molecule has 0 aromatic heterocycles. The molecule has 1 amide bonds. The lowest BCUT2D eigenvalue weighted by molar-refractivity contribution is -0.115. The SMILES string of the molecule is CN(CC1CCCCO1)c1cc2c(cc1N)CC(=O)N2. The summed E-state index contributed by atoms with van der Waals surface area (Å²) >= 11 is 0. The molecule has 0 radical (unpaired) electrons. The fourth-order valence-corrected chi connectivity index (χ4v) is 2.97. The first-order valence-electron chi connectivity index (χ1n) is 7.18. The normalized spacial score (nSPS) is 21.4. The Hall–Kier alpha value is -1.75. The van der Waals surface area contributed by atoms with Gasteiger partial charge in [0.05, 0.1) is 23.9 Å². The third kappa shape index (κ3) is 2.58. The number of ether oxygens (including phenoxy) is 1. The van der Waals surface area contributed by atoms with E-state index >= 15 is 0 Å². The van der Waals surface area contributed by atoms with Gasteiger partial charge in [-0.1, -0.05) is 0 Å². The summed E-state index contributed by atoms with van der Waals surface area (Å²) < 4.78 is 5.77. The van der Waals surface area contributed by atoms with Crippen LogP contribution in [0.2, 0.25) is 0 Å². The van der Waals surface area contributed by atoms with E-state index in [0.717, 1.165) is 48.6 Å². The number of carbonyl (C=O) groups excluding carboxylic acids is 1. The Kier molecular flexibility index (Phi) is 3.53. The number of nitrogens with zero attached hydrogens (tertiary/aromatic N) is 1. The Morgan fingerprint density at radius 3 is 3.05 bits per heavy atom. The van der Waals surface area contributed by atoms with Crippen molar-refractivity contribution in [1.29, 1.82) is 0 Å². The molecule has 0 bridgehead atoms. The topological polar surface area (TPSA) is 67.6 Å². The number of rotatable bonds is 3.